The Morgan fingerprint density at radius 3 is 2.70 bits per heavy atom. The molecule has 1 amide bonds. The number of hydrogen-bond donors (Lipinski definition) is 2. The molecule has 3 aliphatic rings. The molecule has 1 fully saturated rings. The molecule has 1 aromatic heterocycles. The zero-order valence-corrected chi connectivity index (χ0v) is 25.8. The van der Waals surface area contributed by atoms with E-state index in [1.54, 1.807) is 18.2 Å². The maximum atomic E-state index is 12.9. The normalized spacial score (nSPS) is 19.2. The number of aliphatic hydroxyl groups excluding tert-OH is 2. The molecule has 2 aromatic carbocycles. The molecule has 11 nitrogen and oxygen atoms in total. The zero-order valence-electron chi connectivity index (χ0n) is 25.0. The molecule has 0 radical (unpaired) electrons. The number of aromatic nitrogens is 1. The third-order valence-electron chi connectivity index (χ3n) is 8.40. The molecule has 3 aromatic rings. The van der Waals surface area contributed by atoms with E-state index in [9.17, 15) is 33.5 Å². The number of nitrogens with zero attached hydrogens (tertiary/aromatic N) is 3. The number of amides is 1. The van der Waals surface area contributed by atoms with Crippen molar-refractivity contribution in [1.82, 2.24) is 5.06 Å². The highest BCUT2D eigenvalue weighted by Gasteiger charge is 2.44. The molecule has 0 aliphatic carbocycles. The molecule has 0 saturated carbocycles. The van der Waals surface area contributed by atoms with Crippen molar-refractivity contribution in [1.29, 1.82) is 5.26 Å². The van der Waals surface area contributed by atoms with Gasteiger partial charge in [-0.15, -0.1) is 5.06 Å². The molecule has 1 saturated heterocycles. The minimum Gasteiger partial charge on any atom is -0.506 e. The molecular formula is C34H30N3O8S+. The van der Waals surface area contributed by atoms with Crippen LogP contribution in [0.4, 0.5) is 4.79 Å². The summed E-state index contributed by atoms with van der Waals surface area (Å²) in [5, 5.41) is 30.9. The van der Waals surface area contributed by atoms with Crippen molar-refractivity contribution in [3.8, 4) is 11.8 Å². The van der Waals surface area contributed by atoms with Crippen LogP contribution in [-0.2, 0) is 36.0 Å². The average molecular weight is 641 g/mol. The van der Waals surface area contributed by atoms with Crippen LogP contribution in [0.25, 0.3) is 17.0 Å². The van der Waals surface area contributed by atoms with E-state index in [1.165, 1.54) is 24.3 Å². The van der Waals surface area contributed by atoms with E-state index in [0.29, 0.717) is 22.6 Å². The number of pyridine rings is 1. The minimum atomic E-state index is -3.87. The summed E-state index contributed by atoms with van der Waals surface area (Å²) < 4.78 is 33.0. The zero-order chi connectivity index (χ0) is 32.8. The summed E-state index contributed by atoms with van der Waals surface area (Å²) in [6.45, 7) is 4.14. The van der Waals surface area contributed by atoms with Crippen molar-refractivity contribution in [3.63, 3.8) is 0 Å². The fourth-order valence-electron chi connectivity index (χ4n) is 5.94. The first-order valence-electron chi connectivity index (χ1n) is 14.5. The maximum Gasteiger partial charge on any atom is 0.533 e. The Hall–Kier alpha value is -5.25. The Kier molecular flexibility index (Phi) is 7.75. The lowest BCUT2D eigenvalue weighted by Crippen LogP contribution is -2.35. The summed E-state index contributed by atoms with van der Waals surface area (Å²) >= 11 is 0. The topological polar surface area (TPSA) is 158 Å². The van der Waals surface area contributed by atoms with Crippen LogP contribution in [0.1, 0.15) is 54.6 Å². The van der Waals surface area contributed by atoms with E-state index >= 15 is 0 Å². The largest absolute Gasteiger partial charge is 0.533 e. The Morgan fingerprint density at radius 2 is 1.98 bits per heavy atom. The number of allylic oxidation sites excluding steroid dienone is 4. The van der Waals surface area contributed by atoms with Crippen molar-refractivity contribution in [3.05, 3.63) is 112 Å². The maximum absolute atomic E-state index is 12.9. The quantitative estimate of drug-likeness (QED) is 0.166. The summed E-state index contributed by atoms with van der Waals surface area (Å²) in [7, 11) is -3.87. The van der Waals surface area contributed by atoms with Crippen molar-refractivity contribution in [2.75, 3.05) is 6.61 Å². The highest BCUT2D eigenvalue weighted by Crippen LogP contribution is 2.40. The van der Waals surface area contributed by atoms with E-state index in [-0.39, 0.29) is 40.6 Å². The lowest BCUT2D eigenvalue weighted by Gasteiger charge is -2.18. The van der Waals surface area contributed by atoms with Gasteiger partial charge >= 0.3 is 6.16 Å². The summed E-state index contributed by atoms with van der Waals surface area (Å²) in [6.07, 6.45) is 4.58. The van der Waals surface area contributed by atoms with Crippen LogP contribution in [0, 0.1) is 11.3 Å². The minimum absolute atomic E-state index is 0.00627. The molecule has 1 unspecified atom stereocenters. The number of sulfone groups is 1. The molecule has 4 heterocycles. The van der Waals surface area contributed by atoms with Crippen LogP contribution in [0.2, 0.25) is 0 Å². The highest BCUT2D eigenvalue weighted by atomic mass is 32.2. The molecule has 2 N–H and O–H groups in total. The first-order chi connectivity index (χ1) is 21.9. The van der Waals surface area contributed by atoms with Gasteiger partial charge in [0.2, 0.25) is 15.5 Å². The summed E-state index contributed by atoms with van der Waals surface area (Å²) in [5.74, 6) is -0.806. The van der Waals surface area contributed by atoms with Crippen molar-refractivity contribution >= 4 is 33.2 Å². The third kappa shape index (κ3) is 5.23. The van der Waals surface area contributed by atoms with Crippen LogP contribution >= 0.6 is 0 Å². The van der Waals surface area contributed by atoms with E-state index < -0.39 is 33.5 Å². The summed E-state index contributed by atoms with van der Waals surface area (Å²) in [5.41, 5.74) is 4.60. The van der Waals surface area contributed by atoms with Gasteiger partial charge in [-0.25, -0.2) is 13.2 Å². The number of hydroxylamine groups is 2. The van der Waals surface area contributed by atoms with Crippen LogP contribution in [0.3, 0.4) is 0 Å². The lowest BCUT2D eigenvalue weighted by atomic mass is 9.82. The predicted molar refractivity (Wildman–Crippen MR) is 164 cm³/mol. The number of aliphatic hydroxyl groups is 2. The van der Waals surface area contributed by atoms with Crippen LogP contribution in [0.5, 0.6) is 0 Å². The second kappa shape index (κ2) is 11.6. The van der Waals surface area contributed by atoms with Gasteiger partial charge in [-0.1, -0.05) is 24.3 Å². The fourth-order valence-corrected chi connectivity index (χ4v) is 7.51. The lowest BCUT2D eigenvalue weighted by molar-refractivity contribution is -0.599. The number of ether oxygens (including phenoxy) is 1. The van der Waals surface area contributed by atoms with E-state index in [0.717, 1.165) is 22.5 Å². The molecule has 12 heteroatoms. The van der Waals surface area contributed by atoms with Crippen molar-refractivity contribution < 1.29 is 42.4 Å². The summed E-state index contributed by atoms with van der Waals surface area (Å²) in [6, 6.07) is 18.1. The summed E-state index contributed by atoms with van der Waals surface area (Å²) in [4.78, 5) is 28.4. The molecule has 46 heavy (non-hydrogen) atoms. The van der Waals surface area contributed by atoms with Gasteiger partial charge in [-0.2, -0.15) is 9.83 Å². The number of carbonyl (C=O) groups excluding carboxylic acids is 2. The van der Waals surface area contributed by atoms with Gasteiger partial charge in [0.25, 0.3) is 5.91 Å². The average Bonchev–Trinajstić information content (AvgIpc) is 3.54. The number of rotatable bonds is 7. The second-order valence-electron chi connectivity index (χ2n) is 11.6. The highest BCUT2D eigenvalue weighted by molar-refractivity contribution is 7.96. The Morgan fingerprint density at radius 1 is 1.20 bits per heavy atom. The van der Waals surface area contributed by atoms with Gasteiger partial charge in [0.1, 0.15) is 10.7 Å². The van der Waals surface area contributed by atoms with Crippen molar-refractivity contribution in [2.45, 2.75) is 49.6 Å². The number of carbonyl (C=O) groups is 2. The van der Waals surface area contributed by atoms with Gasteiger partial charge in [0.15, 0.2) is 18.1 Å². The second-order valence-corrected chi connectivity index (χ2v) is 13.5. The Bertz CT molecular complexity index is 2040. The van der Waals surface area contributed by atoms with Gasteiger partial charge in [-0.05, 0) is 49.8 Å². The molecule has 234 valence electrons. The SMILES string of the molecule is CC1(C)c2cc(CCOC(=O)ON3C(=O)CCC3O)ccc2-[n+]2ccc(/C(C#N)=C/C=C/C3=C(O)c4ccccc4S3(=O)=O)cc21. The standard InChI is InChI=1S/C34H29N3O8S/c1-34(2)25-18-21(15-17-44-33(41)45-37-30(38)12-13-31(37)39)10-11-26(25)36-16-14-22(19-29(34)36)23(20-35)6-5-9-28-32(40)24-7-3-4-8-27(24)46(28,42)43/h3-11,14,16,18-19,30,38H,12-13,15,17H2,1-2H3/p+1. The molecular weight excluding hydrogens is 610 g/mol. The van der Waals surface area contributed by atoms with Gasteiger partial charge < -0.3 is 19.8 Å². The number of fused-ring (bicyclic) bond motifs is 4. The number of benzene rings is 2. The van der Waals surface area contributed by atoms with Crippen LogP contribution in [-0.4, -0.2) is 48.6 Å². The fraction of sp³-hybridized carbons (Fsp3) is 0.235. The van der Waals surface area contributed by atoms with Gasteiger partial charge in [0, 0.05) is 54.2 Å². The van der Waals surface area contributed by atoms with E-state index in [4.69, 9.17) is 9.57 Å². The first kappa shape index (κ1) is 30.8. The monoisotopic (exact) mass is 640 g/mol. The van der Waals surface area contributed by atoms with Crippen LogP contribution in [0.15, 0.2) is 88.8 Å². The third-order valence-corrected chi connectivity index (χ3v) is 10.2. The van der Waals surface area contributed by atoms with E-state index in [2.05, 4.69) is 19.9 Å². The molecule has 0 spiro atoms. The van der Waals surface area contributed by atoms with Crippen molar-refractivity contribution in [2.24, 2.45) is 0 Å². The number of nitriles is 1. The molecule has 1 atom stereocenters. The van der Waals surface area contributed by atoms with E-state index in [1.807, 2.05) is 41.1 Å². The smallest absolute Gasteiger partial charge is 0.506 e. The Balaban J connectivity index is 1.17. The molecule has 3 aliphatic heterocycles. The molecule has 0 bridgehead atoms. The first-order valence-corrected chi connectivity index (χ1v) is 16.0. The van der Waals surface area contributed by atoms with Gasteiger partial charge in [-0.3, -0.25) is 4.79 Å². The molecule has 6 rings (SSSR count). The van der Waals surface area contributed by atoms with Gasteiger partial charge in [0.05, 0.1) is 28.6 Å². The number of hydrogen-bond acceptors (Lipinski definition) is 9. The predicted octanol–water partition coefficient (Wildman–Crippen LogP) is 4.33. The van der Waals surface area contributed by atoms with Crippen LogP contribution < -0.4 is 4.57 Å². The Labute approximate surface area is 265 Å².